The molecule has 166 valence electrons. The fourth-order valence-corrected chi connectivity index (χ4v) is 2.47. The first-order chi connectivity index (χ1) is 12.9. The van der Waals surface area contributed by atoms with Crippen molar-refractivity contribution in [2.45, 2.75) is 75.0 Å². The molecule has 1 saturated heterocycles. The summed E-state index contributed by atoms with van der Waals surface area (Å²) in [6, 6.07) is -2.52. The number of rotatable bonds is 3. The molecule has 0 aromatic rings. The maximum atomic E-state index is 12.7. The first-order valence-electron chi connectivity index (χ1n) is 8.68. The predicted molar refractivity (Wildman–Crippen MR) is 106 cm³/mol. The van der Waals surface area contributed by atoms with E-state index in [9.17, 15) is 19.2 Å². The van der Waals surface area contributed by atoms with Crippen LogP contribution in [-0.4, -0.2) is 62.6 Å². The van der Waals surface area contributed by atoms with Gasteiger partial charge in [-0.15, -0.1) is 0 Å². The van der Waals surface area contributed by atoms with Crippen LogP contribution in [0.1, 0.15) is 48.0 Å². The third-order valence-electron chi connectivity index (χ3n) is 3.23. The van der Waals surface area contributed by atoms with Gasteiger partial charge < -0.3 is 19.5 Å². The second-order valence-corrected chi connectivity index (χ2v) is 10.9. The van der Waals surface area contributed by atoms with Crippen molar-refractivity contribution >= 4 is 58.9 Å². The van der Waals surface area contributed by atoms with Gasteiger partial charge >= 0.3 is 18.2 Å². The molecule has 0 aromatic carbocycles. The number of alkyl halides is 3. The second kappa shape index (κ2) is 9.14. The van der Waals surface area contributed by atoms with Crippen LogP contribution in [0.2, 0.25) is 0 Å². The van der Waals surface area contributed by atoms with E-state index >= 15 is 0 Å². The number of nitrogens with zero attached hydrogens (tertiary/aromatic N) is 1. The number of carbonyl (C=O) groups excluding carboxylic acids is 4. The number of carbonyl (C=O) groups is 4. The lowest BCUT2D eigenvalue weighted by Crippen LogP contribution is -2.48. The minimum atomic E-state index is -1.83. The first-order valence-corrected chi connectivity index (χ1v) is 9.82. The van der Waals surface area contributed by atoms with Crippen LogP contribution in [0.5, 0.6) is 0 Å². The van der Waals surface area contributed by atoms with Crippen LogP contribution in [0.4, 0.5) is 9.59 Å². The van der Waals surface area contributed by atoms with Gasteiger partial charge in [0.15, 0.2) is 0 Å². The summed E-state index contributed by atoms with van der Waals surface area (Å²) >= 11 is 16.5. The lowest BCUT2D eigenvalue weighted by Gasteiger charge is -2.28. The summed E-state index contributed by atoms with van der Waals surface area (Å²) in [5.41, 5.74) is -1.76. The monoisotopic (exact) mass is 474 g/mol. The molecule has 1 fully saturated rings. The smallest absolute Gasteiger partial charge is 0.417 e. The van der Waals surface area contributed by atoms with E-state index < -0.39 is 57.7 Å². The second-order valence-electron chi connectivity index (χ2n) is 8.36. The molecule has 0 bridgehead atoms. The number of alkyl carbamates (subject to hydrolysis) is 1. The third-order valence-corrected chi connectivity index (χ3v) is 3.56. The van der Waals surface area contributed by atoms with Crippen LogP contribution in [0, 0.1) is 0 Å². The van der Waals surface area contributed by atoms with E-state index in [-0.39, 0.29) is 6.42 Å². The molecule has 0 unspecified atom stereocenters. The predicted octanol–water partition coefficient (Wildman–Crippen LogP) is 3.33. The number of nitrogens with one attached hydrogen (secondary N) is 1. The fourth-order valence-electron chi connectivity index (χ4n) is 2.30. The summed E-state index contributed by atoms with van der Waals surface area (Å²) in [5.74, 6) is -1.66. The van der Waals surface area contributed by atoms with Crippen molar-refractivity contribution < 1.29 is 33.4 Å². The van der Waals surface area contributed by atoms with Crippen LogP contribution >= 0.6 is 34.8 Å². The molecule has 12 heteroatoms. The Bertz CT molecular complexity index is 665. The molecule has 29 heavy (non-hydrogen) atoms. The Labute approximate surface area is 184 Å². The van der Waals surface area contributed by atoms with Gasteiger partial charge in [-0.25, -0.2) is 19.3 Å². The van der Waals surface area contributed by atoms with Crippen molar-refractivity contribution in [2.24, 2.45) is 0 Å². The van der Waals surface area contributed by atoms with E-state index in [1.54, 1.807) is 41.5 Å². The molecule has 0 aliphatic carbocycles. The highest BCUT2D eigenvalue weighted by molar-refractivity contribution is 6.67. The van der Waals surface area contributed by atoms with E-state index in [0.29, 0.717) is 4.90 Å². The van der Waals surface area contributed by atoms with Gasteiger partial charge in [0.25, 0.3) is 5.91 Å². The minimum absolute atomic E-state index is 0.226. The zero-order chi connectivity index (χ0) is 22.8. The molecule has 0 aromatic heterocycles. The molecule has 2 atom stereocenters. The Morgan fingerprint density at radius 1 is 1.03 bits per heavy atom. The number of amides is 3. The van der Waals surface area contributed by atoms with Gasteiger partial charge in [0, 0.05) is 6.42 Å². The van der Waals surface area contributed by atoms with Crippen molar-refractivity contribution in [3.8, 4) is 0 Å². The largest absolute Gasteiger partial charge is 0.458 e. The van der Waals surface area contributed by atoms with E-state index in [1.807, 2.05) is 0 Å². The Morgan fingerprint density at radius 3 is 2.00 bits per heavy atom. The SMILES string of the molecule is CC(C)(C)OC(=O)[C@@H]1C[C@H](NC(=O)OCC(Cl)(Cl)Cl)C(=O)N1C(=O)OC(C)(C)C. The Morgan fingerprint density at radius 2 is 1.55 bits per heavy atom. The molecule has 1 aliphatic rings. The maximum absolute atomic E-state index is 12.7. The van der Waals surface area contributed by atoms with E-state index in [0.717, 1.165) is 0 Å². The number of hydrogen-bond donors (Lipinski definition) is 1. The van der Waals surface area contributed by atoms with E-state index in [2.05, 4.69) is 5.32 Å². The van der Waals surface area contributed by atoms with Gasteiger partial charge in [0.2, 0.25) is 3.79 Å². The summed E-state index contributed by atoms with van der Waals surface area (Å²) < 4.78 is 13.4. The number of imide groups is 1. The summed E-state index contributed by atoms with van der Waals surface area (Å²) in [5, 5.41) is 2.25. The summed E-state index contributed by atoms with van der Waals surface area (Å²) in [7, 11) is 0. The zero-order valence-electron chi connectivity index (χ0n) is 17.0. The summed E-state index contributed by atoms with van der Waals surface area (Å²) in [6.45, 7) is 9.19. The lowest BCUT2D eigenvalue weighted by molar-refractivity contribution is -0.161. The first kappa shape index (κ1) is 25.6. The van der Waals surface area contributed by atoms with Crippen molar-refractivity contribution in [3.05, 3.63) is 0 Å². The fraction of sp³-hybridized carbons (Fsp3) is 0.765. The number of ether oxygens (including phenoxy) is 3. The average molecular weight is 476 g/mol. The topological polar surface area (TPSA) is 111 Å². The van der Waals surface area contributed by atoms with Gasteiger partial charge in [-0.3, -0.25) is 4.79 Å². The molecule has 9 nitrogen and oxygen atoms in total. The molecular formula is C17H25Cl3N2O7. The molecule has 1 heterocycles. The van der Waals surface area contributed by atoms with Crippen molar-refractivity contribution in [1.82, 2.24) is 10.2 Å². The van der Waals surface area contributed by atoms with Crippen LogP contribution in [0.25, 0.3) is 0 Å². The molecule has 1 N–H and O–H groups in total. The number of likely N-dealkylation sites (tertiary alicyclic amines) is 1. The number of halogens is 3. The van der Waals surface area contributed by atoms with Crippen LogP contribution in [-0.2, 0) is 23.8 Å². The number of esters is 1. The Kier molecular flexibility index (Phi) is 8.06. The molecule has 1 rings (SSSR count). The van der Waals surface area contributed by atoms with Gasteiger partial charge in [-0.2, -0.15) is 0 Å². The highest BCUT2D eigenvalue weighted by atomic mass is 35.6. The highest BCUT2D eigenvalue weighted by Crippen LogP contribution is 2.27. The molecular weight excluding hydrogens is 451 g/mol. The number of hydrogen-bond acceptors (Lipinski definition) is 7. The molecule has 0 radical (unpaired) electrons. The van der Waals surface area contributed by atoms with Gasteiger partial charge in [0.1, 0.15) is 29.9 Å². The quantitative estimate of drug-likeness (QED) is 0.378. The average Bonchev–Trinajstić information content (AvgIpc) is 2.78. The molecule has 0 spiro atoms. The molecule has 3 amide bonds. The van der Waals surface area contributed by atoms with Crippen molar-refractivity contribution in [3.63, 3.8) is 0 Å². The molecule has 0 saturated carbocycles. The van der Waals surface area contributed by atoms with E-state index in [1.165, 1.54) is 0 Å². The van der Waals surface area contributed by atoms with Crippen LogP contribution in [0.15, 0.2) is 0 Å². The lowest BCUT2D eigenvalue weighted by atomic mass is 10.1. The normalized spacial score (nSPS) is 20.3. The minimum Gasteiger partial charge on any atom is -0.458 e. The Balaban J connectivity index is 3.00. The third kappa shape index (κ3) is 8.84. The zero-order valence-corrected chi connectivity index (χ0v) is 19.3. The van der Waals surface area contributed by atoms with Crippen molar-refractivity contribution in [1.29, 1.82) is 0 Å². The summed E-state index contributed by atoms with van der Waals surface area (Å²) in [4.78, 5) is 50.3. The van der Waals surface area contributed by atoms with Gasteiger partial charge in [-0.1, -0.05) is 34.8 Å². The van der Waals surface area contributed by atoms with Gasteiger partial charge in [0.05, 0.1) is 0 Å². The Hall–Kier alpha value is -1.45. The van der Waals surface area contributed by atoms with E-state index in [4.69, 9.17) is 49.0 Å². The summed E-state index contributed by atoms with van der Waals surface area (Å²) in [6.07, 6.45) is -2.31. The van der Waals surface area contributed by atoms with Gasteiger partial charge in [-0.05, 0) is 41.5 Å². The molecule has 1 aliphatic heterocycles. The van der Waals surface area contributed by atoms with Crippen LogP contribution in [0.3, 0.4) is 0 Å². The maximum Gasteiger partial charge on any atom is 0.417 e. The van der Waals surface area contributed by atoms with Crippen LogP contribution < -0.4 is 5.32 Å². The van der Waals surface area contributed by atoms with Crippen molar-refractivity contribution in [2.75, 3.05) is 6.61 Å². The standard InChI is InChI=1S/C17H25Cl3N2O7/c1-15(2,3)28-12(24)10-7-9(21-13(25)27-8-17(18,19)20)11(23)22(10)14(26)29-16(4,5)6/h9-10H,7-8H2,1-6H3,(H,21,25)/t9-,10-/m0/s1. The highest BCUT2D eigenvalue weighted by Gasteiger charge is 2.50.